The molecule has 6 nitrogen and oxygen atoms in total. The molecule has 1 aromatic rings. The maximum atomic E-state index is 11.8. The molecular formula is C15H25N3O3. The molecule has 1 rings (SSSR count). The number of carbonyl (C=O) groups is 2. The van der Waals surface area contributed by atoms with Gasteiger partial charge in [0.25, 0.3) is 0 Å². The minimum Gasteiger partial charge on any atom is -0.481 e. The molecule has 0 spiro atoms. The zero-order valence-corrected chi connectivity index (χ0v) is 13.2. The second-order valence-electron chi connectivity index (χ2n) is 5.87. The molecule has 2 N–H and O–H groups in total. The number of carboxylic acids is 1. The van der Waals surface area contributed by atoms with Crippen molar-refractivity contribution in [2.45, 2.75) is 47.1 Å². The van der Waals surface area contributed by atoms with E-state index in [4.69, 9.17) is 5.11 Å². The van der Waals surface area contributed by atoms with Gasteiger partial charge < -0.3 is 10.4 Å². The first-order chi connectivity index (χ1) is 9.79. The Balaban J connectivity index is 2.39. The lowest BCUT2D eigenvalue weighted by Crippen LogP contribution is -2.34. The van der Waals surface area contributed by atoms with Crippen LogP contribution in [0.15, 0.2) is 6.07 Å². The summed E-state index contributed by atoms with van der Waals surface area (Å²) in [6, 6.07) is 1.96. The summed E-state index contributed by atoms with van der Waals surface area (Å²) in [5.41, 5.74) is 1.94. The molecule has 21 heavy (non-hydrogen) atoms. The van der Waals surface area contributed by atoms with Gasteiger partial charge in [-0.3, -0.25) is 14.3 Å². The summed E-state index contributed by atoms with van der Waals surface area (Å²) in [4.78, 5) is 22.9. The molecule has 0 aliphatic rings. The summed E-state index contributed by atoms with van der Waals surface area (Å²) >= 11 is 0. The molecule has 0 saturated heterocycles. The highest BCUT2D eigenvalue weighted by molar-refractivity contribution is 5.77. The van der Waals surface area contributed by atoms with Crippen LogP contribution in [-0.4, -0.2) is 33.3 Å². The summed E-state index contributed by atoms with van der Waals surface area (Å²) in [7, 11) is 0. The molecule has 0 radical (unpaired) electrons. The molecule has 6 heteroatoms. The summed E-state index contributed by atoms with van der Waals surface area (Å²) in [5.74, 6) is -1.24. The summed E-state index contributed by atoms with van der Waals surface area (Å²) < 4.78 is 1.79. The number of aliphatic carboxylic acids is 1. The largest absolute Gasteiger partial charge is 0.481 e. The molecule has 0 saturated carbocycles. The molecule has 0 aromatic carbocycles. The number of carboxylic acid groups (broad SMARTS) is 1. The number of carbonyl (C=O) groups excluding carboxylic acids is 1. The highest BCUT2D eigenvalue weighted by Crippen LogP contribution is 2.11. The third kappa shape index (κ3) is 5.97. The molecule has 1 atom stereocenters. The molecule has 0 aliphatic carbocycles. The van der Waals surface area contributed by atoms with E-state index < -0.39 is 11.9 Å². The highest BCUT2D eigenvalue weighted by atomic mass is 16.4. The first kappa shape index (κ1) is 17.2. The van der Waals surface area contributed by atoms with Gasteiger partial charge in [0.2, 0.25) is 5.91 Å². The van der Waals surface area contributed by atoms with Gasteiger partial charge in [0.1, 0.15) is 0 Å². The van der Waals surface area contributed by atoms with Crippen LogP contribution in [0.5, 0.6) is 0 Å². The predicted octanol–water partition coefficient (Wildman–Crippen LogP) is 1.75. The molecule has 1 amide bonds. The van der Waals surface area contributed by atoms with Crippen LogP contribution in [-0.2, 0) is 16.1 Å². The maximum absolute atomic E-state index is 11.8. The van der Waals surface area contributed by atoms with Crippen LogP contribution in [0.4, 0.5) is 0 Å². The number of hydrogen-bond donors (Lipinski definition) is 2. The van der Waals surface area contributed by atoms with Crippen molar-refractivity contribution >= 4 is 11.9 Å². The van der Waals surface area contributed by atoms with E-state index in [2.05, 4.69) is 10.4 Å². The Labute approximate surface area is 125 Å². The maximum Gasteiger partial charge on any atom is 0.308 e. The van der Waals surface area contributed by atoms with Crippen molar-refractivity contribution in [1.82, 2.24) is 15.1 Å². The lowest BCUT2D eigenvalue weighted by molar-refractivity contribution is -0.142. The fraction of sp³-hybridized carbons (Fsp3) is 0.667. The number of amides is 1. The van der Waals surface area contributed by atoms with E-state index in [-0.39, 0.29) is 18.4 Å². The fourth-order valence-corrected chi connectivity index (χ4v) is 2.27. The van der Waals surface area contributed by atoms with Crippen LogP contribution in [0.2, 0.25) is 0 Å². The first-order valence-corrected chi connectivity index (χ1v) is 7.30. The SMILES string of the molecule is Cc1cc(C)n(CCC(=O)NCC(CC(C)C)C(=O)O)n1. The van der Waals surface area contributed by atoms with Gasteiger partial charge >= 0.3 is 5.97 Å². The zero-order chi connectivity index (χ0) is 16.0. The van der Waals surface area contributed by atoms with Crippen LogP contribution in [0.25, 0.3) is 0 Å². The average molecular weight is 295 g/mol. The second-order valence-corrected chi connectivity index (χ2v) is 5.87. The average Bonchev–Trinajstić information content (AvgIpc) is 2.69. The van der Waals surface area contributed by atoms with Crippen molar-refractivity contribution in [3.63, 3.8) is 0 Å². The Morgan fingerprint density at radius 1 is 1.38 bits per heavy atom. The Bertz CT molecular complexity index is 494. The summed E-state index contributed by atoms with van der Waals surface area (Å²) in [6.45, 7) is 8.49. The number of nitrogens with zero attached hydrogens (tertiary/aromatic N) is 2. The van der Waals surface area contributed by atoms with E-state index in [1.807, 2.05) is 33.8 Å². The van der Waals surface area contributed by atoms with Crippen molar-refractivity contribution in [2.75, 3.05) is 6.54 Å². The normalized spacial score (nSPS) is 12.4. The quantitative estimate of drug-likeness (QED) is 0.765. The standard InChI is InChI=1S/C15H25N3O3/c1-10(2)7-13(15(20)21)9-16-14(19)5-6-18-12(4)8-11(3)17-18/h8,10,13H,5-7,9H2,1-4H3,(H,16,19)(H,20,21). The Kier molecular flexibility index (Phi) is 6.39. The zero-order valence-electron chi connectivity index (χ0n) is 13.2. The van der Waals surface area contributed by atoms with Gasteiger partial charge in [-0.1, -0.05) is 13.8 Å². The van der Waals surface area contributed by atoms with Gasteiger partial charge in [-0.05, 0) is 32.3 Å². The minimum atomic E-state index is -0.859. The Morgan fingerprint density at radius 2 is 2.05 bits per heavy atom. The van der Waals surface area contributed by atoms with Crippen LogP contribution in [0.1, 0.15) is 38.1 Å². The van der Waals surface area contributed by atoms with Crippen molar-refractivity contribution in [3.05, 3.63) is 17.5 Å². The monoisotopic (exact) mass is 295 g/mol. The van der Waals surface area contributed by atoms with Gasteiger partial charge in [0.05, 0.1) is 11.6 Å². The third-order valence-corrected chi connectivity index (χ3v) is 3.30. The number of rotatable bonds is 8. The van der Waals surface area contributed by atoms with Gasteiger partial charge in [-0.15, -0.1) is 0 Å². The van der Waals surface area contributed by atoms with Gasteiger partial charge in [-0.25, -0.2) is 0 Å². The fourth-order valence-electron chi connectivity index (χ4n) is 2.27. The Morgan fingerprint density at radius 3 is 2.52 bits per heavy atom. The van der Waals surface area contributed by atoms with Gasteiger partial charge in [0, 0.05) is 25.2 Å². The molecule has 0 bridgehead atoms. The van der Waals surface area contributed by atoms with Crippen LogP contribution in [0, 0.1) is 25.7 Å². The third-order valence-electron chi connectivity index (χ3n) is 3.30. The molecular weight excluding hydrogens is 270 g/mol. The van der Waals surface area contributed by atoms with Gasteiger partial charge in [-0.2, -0.15) is 5.10 Å². The van der Waals surface area contributed by atoms with Crippen molar-refractivity contribution in [2.24, 2.45) is 11.8 Å². The van der Waals surface area contributed by atoms with Crippen LogP contribution >= 0.6 is 0 Å². The van der Waals surface area contributed by atoms with Crippen molar-refractivity contribution in [3.8, 4) is 0 Å². The van der Waals surface area contributed by atoms with Crippen molar-refractivity contribution < 1.29 is 14.7 Å². The first-order valence-electron chi connectivity index (χ1n) is 7.30. The molecule has 1 unspecified atom stereocenters. The number of aromatic nitrogens is 2. The Hall–Kier alpha value is -1.85. The topological polar surface area (TPSA) is 84.2 Å². The highest BCUT2D eigenvalue weighted by Gasteiger charge is 2.19. The van der Waals surface area contributed by atoms with E-state index in [0.29, 0.717) is 19.4 Å². The van der Waals surface area contributed by atoms with E-state index >= 15 is 0 Å². The number of nitrogens with one attached hydrogen (secondary N) is 1. The number of aryl methyl sites for hydroxylation is 3. The van der Waals surface area contributed by atoms with Gasteiger partial charge in [0.15, 0.2) is 0 Å². The minimum absolute atomic E-state index is 0.141. The molecule has 0 aliphatic heterocycles. The van der Waals surface area contributed by atoms with E-state index in [1.54, 1.807) is 4.68 Å². The molecule has 1 aromatic heterocycles. The predicted molar refractivity (Wildman–Crippen MR) is 79.9 cm³/mol. The second kappa shape index (κ2) is 7.81. The summed E-state index contributed by atoms with van der Waals surface area (Å²) in [5, 5.41) is 16.1. The van der Waals surface area contributed by atoms with Crippen LogP contribution < -0.4 is 5.32 Å². The lowest BCUT2D eigenvalue weighted by atomic mass is 9.97. The lowest BCUT2D eigenvalue weighted by Gasteiger charge is -2.15. The van der Waals surface area contributed by atoms with E-state index in [1.165, 1.54) is 0 Å². The van der Waals surface area contributed by atoms with E-state index in [0.717, 1.165) is 11.4 Å². The summed E-state index contributed by atoms with van der Waals surface area (Å²) in [6.07, 6.45) is 0.864. The smallest absolute Gasteiger partial charge is 0.308 e. The molecule has 118 valence electrons. The van der Waals surface area contributed by atoms with Crippen LogP contribution in [0.3, 0.4) is 0 Å². The van der Waals surface area contributed by atoms with E-state index in [9.17, 15) is 9.59 Å². The molecule has 0 fully saturated rings. The van der Waals surface area contributed by atoms with Crippen molar-refractivity contribution in [1.29, 1.82) is 0 Å². The molecule has 1 heterocycles. The number of hydrogen-bond acceptors (Lipinski definition) is 3.